The molecule has 3 aromatic rings. The van der Waals surface area contributed by atoms with Gasteiger partial charge < -0.3 is 20.3 Å². The van der Waals surface area contributed by atoms with Crippen LogP contribution in [0.5, 0.6) is 5.75 Å². The van der Waals surface area contributed by atoms with E-state index in [0.717, 1.165) is 22.8 Å². The van der Waals surface area contributed by atoms with Crippen LogP contribution >= 0.6 is 0 Å². The van der Waals surface area contributed by atoms with Crippen molar-refractivity contribution in [2.24, 2.45) is 0 Å². The molecule has 0 aliphatic heterocycles. The predicted molar refractivity (Wildman–Crippen MR) is 116 cm³/mol. The molecule has 1 amide bonds. The summed E-state index contributed by atoms with van der Waals surface area (Å²) in [6.45, 7) is 1.86. The number of para-hydroxylation sites is 1. The highest BCUT2D eigenvalue weighted by molar-refractivity contribution is 5.92. The Balaban J connectivity index is 1.64. The molecule has 0 fully saturated rings. The highest BCUT2D eigenvalue weighted by Crippen LogP contribution is 2.21. The molecular weight excluding hydrogens is 366 g/mol. The molecule has 29 heavy (non-hydrogen) atoms. The van der Waals surface area contributed by atoms with Crippen molar-refractivity contribution in [2.45, 2.75) is 13.3 Å². The topological polar surface area (TPSA) is 79.4 Å². The Labute approximate surface area is 170 Å². The summed E-state index contributed by atoms with van der Waals surface area (Å²) in [5, 5.41) is 6.18. The molecule has 0 spiro atoms. The standard InChI is InChI=1S/C22H25N5O2/c1-15-23-20(14-21(24-15)27(2)3)25-17-9-11-18(12-10-17)26-22(28)13-16-7-5-6-8-19(16)29-4/h5-12,14H,13H2,1-4H3,(H,26,28)(H,23,24,25). The third kappa shape index (κ3) is 5.44. The van der Waals surface area contributed by atoms with Crippen LogP contribution in [0.2, 0.25) is 0 Å². The minimum absolute atomic E-state index is 0.0998. The van der Waals surface area contributed by atoms with Crippen molar-refractivity contribution in [2.75, 3.05) is 36.7 Å². The predicted octanol–water partition coefficient (Wildman–Crippen LogP) is 3.78. The highest BCUT2D eigenvalue weighted by Gasteiger charge is 2.09. The molecule has 0 saturated carbocycles. The van der Waals surface area contributed by atoms with E-state index in [2.05, 4.69) is 20.6 Å². The van der Waals surface area contributed by atoms with Crippen LogP contribution in [0.15, 0.2) is 54.6 Å². The number of anilines is 4. The molecule has 7 heteroatoms. The van der Waals surface area contributed by atoms with Gasteiger partial charge in [0.05, 0.1) is 13.5 Å². The van der Waals surface area contributed by atoms with Gasteiger partial charge in [-0.05, 0) is 37.3 Å². The van der Waals surface area contributed by atoms with Gasteiger partial charge in [-0.1, -0.05) is 18.2 Å². The number of hydrogen-bond acceptors (Lipinski definition) is 6. The maximum atomic E-state index is 12.4. The van der Waals surface area contributed by atoms with Crippen LogP contribution in [0.3, 0.4) is 0 Å². The molecule has 0 radical (unpaired) electrons. The van der Waals surface area contributed by atoms with Gasteiger partial charge in [0.15, 0.2) is 0 Å². The first-order valence-corrected chi connectivity index (χ1v) is 9.26. The van der Waals surface area contributed by atoms with Crippen LogP contribution in [0.1, 0.15) is 11.4 Å². The summed E-state index contributed by atoms with van der Waals surface area (Å²) in [5.74, 6) is 2.85. The molecule has 0 unspecified atom stereocenters. The normalized spacial score (nSPS) is 10.3. The molecule has 0 atom stereocenters. The summed E-state index contributed by atoms with van der Waals surface area (Å²) < 4.78 is 5.30. The number of carbonyl (C=O) groups is 1. The first-order valence-electron chi connectivity index (χ1n) is 9.26. The lowest BCUT2D eigenvalue weighted by atomic mass is 10.1. The Kier molecular flexibility index (Phi) is 6.29. The summed E-state index contributed by atoms with van der Waals surface area (Å²) in [6, 6.07) is 16.9. The number of benzene rings is 2. The number of amides is 1. The number of aryl methyl sites for hydroxylation is 1. The van der Waals surface area contributed by atoms with Gasteiger partial charge in [0.25, 0.3) is 0 Å². The molecular formula is C22H25N5O2. The van der Waals surface area contributed by atoms with Crippen molar-refractivity contribution in [3.8, 4) is 5.75 Å². The van der Waals surface area contributed by atoms with Crippen molar-refractivity contribution in [3.05, 3.63) is 66.0 Å². The van der Waals surface area contributed by atoms with E-state index in [4.69, 9.17) is 4.74 Å². The van der Waals surface area contributed by atoms with Gasteiger partial charge in [-0.3, -0.25) is 4.79 Å². The Morgan fingerprint density at radius 3 is 2.41 bits per heavy atom. The lowest BCUT2D eigenvalue weighted by Crippen LogP contribution is -2.15. The fourth-order valence-corrected chi connectivity index (χ4v) is 2.86. The van der Waals surface area contributed by atoms with Crippen molar-refractivity contribution in [1.82, 2.24) is 9.97 Å². The first-order chi connectivity index (χ1) is 13.9. The highest BCUT2D eigenvalue weighted by atomic mass is 16.5. The third-order valence-corrected chi connectivity index (χ3v) is 4.27. The average molecular weight is 391 g/mol. The van der Waals surface area contributed by atoms with Gasteiger partial charge in [0.2, 0.25) is 5.91 Å². The number of aromatic nitrogens is 2. The van der Waals surface area contributed by atoms with Crippen molar-refractivity contribution < 1.29 is 9.53 Å². The quantitative estimate of drug-likeness (QED) is 0.638. The van der Waals surface area contributed by atoms with Gasteiger partial charge in [-0.2, -0.15) is 0 Å². The summed E-state index contributed by atoms with van der Waals surface area (Å²) in [6.07, 6.45) is 0.248. The van der Waals surface area contributed by atoms with Gasteiger partial charge in [-0.15, -0.1) is 0 Å². The second kappa shape index (κ2) is 9.05. The smallest absolute Gasteiger partial charge is 0.228 e. The molecule has 1 heterocycles. The van der Waals surface area contributed by atoms with E-state index in [-0.39, 0.29) is 12.3 Å². The molecule has 1 aromatic heterocycles. The Morgan fingerprint density at radius 1 is 1.03 bits per heavy atom. The molecule has 2 aromatic carbocycles. The Morgan fingerprint density at radius 2 is 1.72 bits per heavy atom. The zero-order chi connectivity index (χ0) is 20.8. The van der Waals surface area contributed by atoms with E-state index < -0.39 is 0 Å². The summed E-state index contributed by atoms with van der Waals surface area (Å²) in [7, 11) is 5.48. The summed E-state index contributed by atoms with van der Waals surface area (Å²) in [4.78, 5) is 23.1. The average Bonchev–Trinajstić information content (AvgIpc) is 2.69. The Bertz CT molecular complexity index is 987. The van der Waals surface area contributed by atoms with Gasteiger partial charge >= 0.3 is 0 Å². The van der Waals surface area contributed by atoms with Crippen molar-refractivity contribution >= 4 is 28.9 Å². The molecule has 0 aliphatic carbocycles. The number of nitrogens with one attached hydrogen (secondary N) is 2. The molecule has 0 aliphatic rings. The van der Waals surface area contributed by atoms with Gasteiger partial charge in [-0.25, -0.2) is 9.97 Å². The fourth-order valence-electron chi connectivity index (χ4n) is 2.86. The van der Waals surface area contributed by atoms with Crippen LogP contribution in [-0.2, 0) is 11.2 Å². The zero-order valence-electron chi connectivity index (χ0n) is 17.1. The number of hydrogen-bond donors (Lipinski definition) is 2. The molecule has 7 nitrogen and oxygen atoms in total. The summed E-state index contributed by atoms with van der Waals surface area (Å²) in [5.41, 5.74) is 2.44. The van der Waals surface area contributed by atoms with Crippen LogP contribution in [0.25, 0.3) is 0 Å². The van der Waals surface area contributed by atoms with E-state index in [1.165, 1.54) is 0 Å². The van der Waals surface area contributed by atoms with Gasteiger partial charge in [0, 0.05) is 37.1 Å². The second-order valence-corrected chi connectivity index (χ2v) is 6.79. The SMILES string of the molecule is COc1ccccc1CC(=O)Nc1ccc(Nc2cc(N(C)C)nc(C)n2)cc1. The van der Waals surface area contributed by atoms with E-state index in [9.17, 15) is 4.79 Å². The van der Waals surface area contributed by atoms with Crippen LogP contribution in [0, 0.1) is 6.92 Å². The third-order valence-electron chi connectivity index (χ3n) is 4.27. The lowest BCUT2D eigenvalue weighted by Gasteiger charge is -2.14. The van der Waals surface area contributed by atoms with E-state index in [0.29, 0.717) is 17.4 Å². The fraction of sp³-hybridized carbons (Fsp3) is 0.227. The zero-order valence-corrected chi connectivity index (χ0v) is 17.1. The largest absolute Gasteiger partial charge is 0.496 e. The summed E-state index contributed by atoms with van der Waals surface area (Å²) >= 11 is 0. The number of ether oxygens (including phenoxy) is 1. The molecule has 0 saturated heterocycles. The van der Waals surface area contributed by atoms with Crippen LogP contribution in [0.4, 0.5) is 23.0 Å². The lowest BCUT2D eigenvalue weighted by molar-refractivity contribution is -0.115. The maximum absolute atomic E-state index is 12.4. The number of methoxy groups -OCH3 is 1. The Hall–Kier alpha value is -3.61. The molecule has 0 bridgehead atoms. The van der Waals surface area contributed by atoms with Gasteiger partial charge in [0.1, 0.15) is 23.2 Å². The molecule has 150 valence electrons. The number of nitrogens with zero attached hydrogens (tertiary/aromatic N) is 3. The number of rotatable bonds is 7. The molecule has 3 rings (SSSR count). The van der Waals surface area contributed by atoms with E-state index in [1.807, 2.05) is 80.5 Å². The monoisotopic (exact) mass is 391 g/mol. The maximum Gasteiger partial charge on any atom is 0.228 e. The minimum Gasteiger partial charge on any atom is -0.496 e. The van der Waals surface area contributed by atoms with E-state index >= 15 is 0 Å². The van der Waals surface area contributed by atoms with Crippen molar-refractivity contribution in [1.29, 1.82) is 0 Å². The van der Waals surface area contributed by atoms with E-state index in [1.54, 1.807) is 7.11 Å². The molecule has 2 N–H and O–H groups in total. The first kappa shape index (κ1) is 20.1. The van der Waals surface area contributed by atoms with Crippen LogP contribution in [-0.4, -0.2) is 37.1 Å². The number of carbonyl (C=O) groups excluding carboxylic acids is 1. The second-order valence-electron chi connectivity index (χ2n) is 6.79. The van der Waals surface area contributed by atoms with Crippen LogP contribution < -0.4 is 20.3 Å². The minimum atomic E-state index is -0.0998. The van der Waals surface area contributed by atoms with Crippen molar-refractivity contribution in [3.63, 3.8) is 0 Å².